The van der Waals surface area contributed by atoms with Gasteiger partial charge in [0.25, 0.3) is 13.4 Å². The molecule has 3 unspecified atom stereocenters. The number of phosphoric ester groups is 1. The molecule has 4 N–H and O–H groups in total. The SMILES string of the molecule is Nc1nc2c(nc(SCCc3ccccc3)n2[C@@H]2OC3COP(=O)([O-])O[C@H]3C2O)c(=O)[nH]1.[H+]. The van der Waals surface area contributed by atoms with E-state index in [0.29, 0.717) is 10.9 Å². The number of hydrogen-bond acceptors (Lipinski definition) is 11. The number of thioether (sulfide) groups is 1. The molecule has 5 atom stereocenters. The number of aliphatic hydroxyl groups is 1. The number of rotatable bonds is 5. The molecule has 2 saturated heterocycles. The van der Waals surface area contributed by atoms with Gasteiger partial charge in [0.05, 0.1) is 6.61 Å². The molecule has 12 nitrogen and oxygen atoms in total. The molecular weight excluding hydrogens is 461 g/mol. The summed E-state index contributed by atoms with van der Waals surface area (Å²) in [5.41, 5.74) is 6.45. The number of phosphoric acid groups is 1. The summed E-state index contributed by atoms with van der Waals surface area (Å²) in [7, 11) is -4.54. The van der Waals surface area contributed by atoms with Crippen molar-refractivity contribution in [3.63, 3.8) is 0 Å². The van der Waals surface area contributed by atoms with Gasteiger partial charge in [-0.25, -0.2) is 4.98 Å². The number of imidazole rings is 1. The summed E-state index contributed by atoms with van der Waals surface area (Å²) in [5.74, 6) is 0.490. The number of nitrogens with one attached hydrogen (secondary N) is 1. The van der Waals surface area contributed by atoms with Crippen LogP contribution in [0.4, 0.5) is 5.95 Å². The Balaban J connectivity index is 0.00000259. The normalized spacial score (nSPS) is 29.9. The van der Waals surface area contributed by atoms with Crippen molar-refractivity contribution in [2.24, 2.45) is 0 Å². The molecule has 3 aromatic rings. The van der Waals surface area contributed by atoms with Gasteiger partial charge in [0.2, 0.25) is 5.95 Å². The number of H-pyrrole nitrogens is 1. The predicted molar refractivity (Wildman–Crippen MR) is 113 cm³/mol. The fourth-order valence-electron chi connectivity index (χ4n) is 3.76. The maximum atomic E-state index is 12.4. The number of nitrogens with zero attached hydrogens (tertiary/aromatic N) is 3. The summed E-state index contributed by atoms with van der Waals surface area (Å²) in [4.78, 5) is 35.1. The molecule has 0 aliphatic carbocycles. The van der Waals surface area contributed by atoms with Gasteiger partial charge in [-0.2, -0.15) is 4.98 Å². The third-order valence-corrected chi connectivity index (χ3v) is 7.13. The van der Waals surface area contributed by atoms with E-state index in [1.807, 2.05) is 30.3 Å². The van der Waals surface area contributed by atoms with Crippen LogP contribution in [0.25, 0.3) is 11.2 Å². The standard InChI is InChI=1S/C18H20N5O7PS/c19-17-21-14-11(15(25)22-17)20-18(32-7-6-9-4-2-1-3-5-9)23(14)16-12(24)13-10(29-16)8-28-31(26,27)30-13/h1-5,10,12-13,16,24H,6-8H2,(H,26,27)(H3,19,21,22,25)/t10?,12?,13-,16-/m1/s1. The molecule has 32 heavy (non-hydrogen) atoms. The van der Waals surface area contributed by atoms with Crippen molar-refractivity contribution in [2.45, 2.75) is 36.1 Å². The number of aryl methyl sites for hydroxylation is 1. The van der Waals surface area contributed by atoms with E-state index in [-0.39, 0.29) is 25.1 Å². The molecule has 0 amide bonds. The summed E-state index contributed by atoms with van der Waals surface area (Å²) in [5, 5.41) is 11.2. The summed E-state index contributed by atoms with van der Waals surface area (Å²) >= 11 is 1.34. The number of aromatic amines is 1. The highest BCUT2D eigenvalue weighted by atomic mass is 32.2. The molecule has 0 spiro atoms. The molecule has 2 aliphatic heterocycles. The highest BCUT2D eigenvalue weighted by molar-refractivity contribution is 7.99. The summed E-state index contributed by atoms with van der Waals surface area (Å²) in [6.07, 6.45) is -3.74. The van der Waals surface area contributed by atoms with Crippen molar-refractivity contribution in [2.75, 3.05) is 18.1 Å². The minimum absolute atomic E-state index is 0. The van der Waals surface area contributed by atoms with E-state index in [2.05, 4.69) is 19.5 Å². The van der Waals surface area contributed by atoms with Crippen LogP contribution in [0.5, 0.6) is 0 Å². The Morgan fingerprint density at radius 2 is 2.16 bits per heavy atom. The predicted octanol–water partition coefficient (Wildman–Crippen LogP) is 0.291. The van der Waals surface area contributed by atoms with Gasteiger partial charge in [0.1, 0.15) is 18.3 Å². The van der Waals surface area contributed by atoms with Crippen molar-refractivity contribution < 1.29 is 29.8 Å². The lowest BCUT2D eigenvalue weighted by Crippen LogP contribution is -2.41. The maximum Gasteiger partial charge on any atom is 1.00 e. The Morgan fingerprint density at radius 1 is 1.38 bits per heavy atom. The van der Waals surface area contributed by atoms with E-state index in [1.165, 1.54) is 16.3 Å². The zero-order chi connectivity index (χ0) is 22.5. The van der Waals surface area contributed by atoms with Crippen molar-refractivity contribution in [3.8, 4) is 0 Å². The molecule has 5 rings (SSSR count). The molecule has 14 heteroatoms. The second-order valence-corrected chi connectivity index (χ2v) is 9.77. The Labute approximate surface area is 186 Å². The van der Waals surface area contributed by atoms with Crippen LogP contribution in [0, 0.1) is 0 Å². The summed E-state index contributed by atoms with van der Waals surface area (Å²) in [6, 6.07) is 9.84. The van der Waals surface area contributed by atoms with Crippen molar-refractivity contribution in [1.29, 1.82) is 0 Å². The van der Waals surface area contributed by atoms with Gasteiger partial charge in [-0.05, 0) is 12.0 Å². The van der Waals surface area contributed by atoms with Crippen LogP contribution in [0.2, 0.25) is 0 Å². The molecule has 2 fully saturated rings. The van der Waals surface area contributed by atoms with E-state index in [0.717, 1.165) is 12.0 Å². The lowest BCUT2D eigenvalue weighted by Gasteiger charge is -2.34. The number of fused-ring (bicyclic) bond motifs is 2. The van der Waals surface area contributed by atoms with Gasteiger partial charge >= 0.3 is 1.43 Å². The zero-order valence-electron chi connectivity index (χ0n) is 17.5. The number of benzene rings is 1. The molecule has 0 bridgehead atoms. The zero-order valence-corrected chi connectivity index (χ0v) is 18.2. The van der Waals surface area contributed by atoms with Crippen LogP contribution < -0.4 is 16.2 Å². The maximum absolute atomic E-state index is 12.4. The quantitative estimate of drug-likeness (QED) is 0.337. The molecule has 0 saturated carbocycles. The lowest BCUT2D eigenvalue weighted by atomic mass is 10.1. The molecule has 4 heterocycles. The average molecular weight is 481 g/mol. The van der Waals surface area contributed by atoms with Gasteiger partial charge < -0.3 is 29.5 Å². The minimum atomic E-state index is -4.54. The molecule has 2 aromatic heterocycles. The van der Waals surface area contributed by atoms with Gasteiger partial charge in [-0.15, -0.1) is 0 Å². The highest BCUT2D eigenvalue weighted by Crippen LogP contribution is 2.50. The van der Waals surface area contributed by atoms with Gasteiger partial charge in [0.15, 0.2) is 22.5 Å². The van der Waals surface area contributed by atoms with E-state index in [9.17, 15) is 19.4 Å². The first kappa shape index (κ1) is 21.6. The van der Waals surface area contributed by atoms with Crippen LogP contribution >= 0.6 is 19.6 Å². The number of anilines is 1. The van der Waals surface area contributed by atoms with Crippen molar-refractivity contribution in [1.82, 2.24) is 19.5 Å². The number of ether oxygens (including phenoxy) is 1. The Kier molecular flexibility index (Phi) is 5.58. The smallest absolute Gasteiger partial charge is 0.756 e. The first-order valence-electron chi connectivity index (χ1n) is 9.74. The number of nitrogen functional groups attached to an aromatic ring is 1. The molecule has 170 valence electrons. The van der Waals surface area contributed by atoms with Crippen LogP contribution in [0.15, 0.2) is 40.3 Å². The van der Waals surface area contributed by atoms with Gasteiger partial charge in [0, 0.05) is 5.75 Å². The average Bonchev–Trinajstić information content (AvgIpc) is 3.26. The summed E-state index contributed by atoms with van der Waals surface area (Å²) < 4.78 is 28.6. The van der Waals surface area contributed by atoms with E-state index in [4.69, 9.17) is 15.0 Å². The van der Waals surface area contributed by atoms with Crippen LogP contribution in [0.3, 0.4) is 0 Å². The monoisotopic (exact) mass is 481 g/mol. The molecular formula is C18H20N5O7PS. The number of aromatic nitrogens is 4. The fraction of sp³-hybridized carbons (Fsp3) is 0.389. The minimum Gasteiger partial charge on any atom is -0.756 e. The van der Waals surface area contributed by atoms with Crippen LogP contribution in [-0.2, 0) is 24.8 Å². The first-order chi connectivity index (χ1) is 15.3. The van der Waals surface area contributed by atoms with E-state index in [1.54, 1.807) is 0 Å². The van der Waals surface area contributed by atoms with Crippen molar-refractivity contribution in [3.05, 3.63) is 46.2 Å². The Hall–Kier alpha value is -2.25. The number of aliphatic hydroxyl groups excluding tert-OH is 1. The molecule has 2 aliphatic rings. The lowest BCUT2D eigenvalue weighted by molar-refractivity contribution is -0.245. The van der Waals surface area contributed by atoms with Crippen LogP contribution in [-0.4, -0.2) is 55.3 Å². The molecule has 1 aromatic carbocycles. The second-order valence-electron chi connectivity index (χ2n) is 7.34. The van der Waals surface area contributed by atoms with E-state index >= 15 is 0 Å². The summed E-state index contributed by atoms with van der Waals surface area (Å²) in [6.45, 7) is -0.293. The van der Waals surface area contributed by atoms with Crippen molar-refractivity contribution >= 4 is 36.7 Å². The van der Waals surface area contributed by atoms with Gasteiger partial charge in [-0.1, -0.05) is 42.1 Å². The largest absolute Gasteiger partial charge is 1.00 e. The van der Waals surface area contributed by atoms with Gasteiger partial charge in [-0.3, -0.25) is 18.9 Å². The second kappa shape index (κ2) is 8.27. The topological polar surface area (TPSA) is 178 Å². The van der Waals surface area contributed by atoms with E-state index < -0.39 is 37.9 Å². The fourth-order valence-corrected chi connectivity index (χ4v) is 5.71. The third kappa shape index (κ3) is 3.97. The first-order valence-corrected chi connectivity index (χ1v) is 12.2. The number of nitrogens with two attached hydrogens (primary N) is 1. The molecule has 0 radical (unpaired) electrons. The van der Waals surface area contributed by atoms with Crippen LogP contribution in [0.1, 0.15) is 13.2 Å². The highest BCUT2D eigenvalue weighted by Gasteiger charge is 2.51. The Bertz CT molecular complexity index is 1260. The third-order valence-electron chi connectivity index (χ3n) is 5.21. The number of hydrogen-bond donors (Lipinski definition) is 3. The Morgan fingerprint density at radius 3 is 2.94 bits per heavy atom.